The Bertz CT molecular complexity index is 1570. The third kappa shape index (κ3) is 16.5. The van der Waals surface area contributed by atoms with E-state index < -0.39 is 53.9 Å². The smallest absolute Gasteiger partial charge is 0.329 e. The van der Waals surface area contributed by atoms with Gasteiger partial charge in [0, 0.05) is 31.9 Å². The van der Waals surface area contributed by atoms with Gasteiger partial charge in [0.25, 0.3) is 0 Å². The molecule has 0 radical (unpaired) electrons. The van der Waals surface area contributed by atoms with Crippen LogP contribution in [0.2, 0.25) is 0 Å². The van der Waals surface area contributed by atoms with Gasteiger partial charge in [-0.3, -0.25) is 14.4 Å². The highest BCUT2D eigenvalue weighted by Crippen LogP contribution is 2.34. The number of piperidine rings is 1. The Morgan fingerprint density at radius 3 is 2.21 bits per heavy atom. The summed E-state index contributed by atoms with van der Waals surface area (Å²) in [5.74, 6) is -2.24. The van der Waals surface area contributed by atoms with Crippen LogP contribution in [0.3, 0.4) is 0 Å². The second kappa shape index (κ2) is 25.5. The van der Waals surface area contributed by atoms with Gasteiger partial charge in [0.1, 0.15) is 30.1 Å². The van der Waals surface area contributed by atoms with Gasteiger partial charge in [0.05, 0.1) is 24.2 Å². The predicted octanol–water partition coefficient (Wildman–Crippen LogP) is 8.02. The maximum atomic E-state index is 14.2. The first-order valence-corrected chi connectivity index (χ1v) is 23.7. The van der Waals surface area contributed by atoms with Crippen LogP contribution in [-0.2, 0) is 28.7 Å². The predicted molar refractivity (Wildman–Crippen MR) is 244 cm³/mol. The summed E-state index contributed by atoms with van der Waals surface area (Å²) in [4.78, 5) is 57.4. The number of amides is 1. The van der Waals surface area contributed by atoms with E-state index in [1.54, 1.807) is 31.7 Å². The molecule has 3 rings (SSSR count). The van der Waals surface area contributed by atoms with Crippen molar-refractivity contribution < 1.29 is 49.1 Å². The van der Waals surface area contributed by atoms with E-state index in [1.165, 1.54) is 7.11 Å². The highest BCUT2D eigenvalue weighted by Gasteiger charge is 2.40. The number of aliphatic hydroxyl groups excluding tert-OH is 3. The van der Waals surface area contributed by atoms with Gasteiger partial charge in [-0.25, -0.2) is 4.79 Å². The van der Waals surface area contributed by atoms with E-state index in [0.29, 0.717) is 63.0 Å². The molecule has 1 amide bonds. The molecule has 1 saturated carbocycles. The molecular formula is C51H83NO10. The second-order valence-corrected chi connectivity index (χ2v) is 20.0. The molecule has 352 valence electrons. The van der Waals surface area contributed by atoms with E-state index in [-0.39, 0.29) is 60.1 Å². The average molecular weight is 870 g/mol. The minimum absolute atomic E-state index is 0.0558. The van der Waals surface area contributed by atoms with Crippen LogP contribution < -0.4 is 0 Å². The summed E-state index contributed by atoms with van der Waals surface area (Å²) in [6, 6.07) is -0.839. The molecular weight excluding hydrogens is 787 g/mol. The zero-order valence-electron chi connectivity index (χ0n) is 39.8. The number of ether oxygens (including phenoxy) is 2. The van der Waals surface area contributed by atoms with Gasteiger partial charge in [-0.15, -0.1) is 0 Å². The summed E-state index contributed by atoms with van der Waals surface area (Å²) in [5, 5.41) is 44.2. The Labute approximate surface area is 373 Å². The highest BCUT2D eigenvalue weighted by molar-refractivity contribution is 5.87. The van der Waals surface area contributed by atoms with E-state index in [1.807, 2.05) is 65.0 Å². The first-order valence-electron chi connectivity index (χ1n) is 23.7. The standard InChI is InChI=1S/C51H83NO10/c1-32-16-12-11-13-17-34(3)43(54)27-33(2)19-20-39(8)51(9,60)31-46(56)52-25-15-14-18-42(52)50(59)62-45(36(5)29-40-21-23-41(53)24-22-40)30-44(55)35(4)28-38(7)48(58)49(61-10)47(57)37(6)26-32/h11-13,16-17,28,32-33,35-37,39-43,45,48-49,53-54,58,60H,14-15,18-27,29-31H2,1-10H3/b13-11+,16-12+,34-17+,38-28+/t32-,33+,35-,36-,37-,39-,40?,41?,42?,43+,45+,48-,49+,51-/m1/s1. The fourth-order valence-electron chi connectivity index (χ4n) is 9.51. The first-order chi connectivity index (χ1) is 29.1. The van der Waals surface area contributed by atoms with Crippen LogP contribution in [0.25, 0.3) is 0 Å². The summed E-state index contributed by atoms with van der Waals surface area (Å²) >= 11 is 0. The van der Waals surface area contributed by atoms with Crippen LogP contribution in [0.4, 0.5) is 0 Å². The Morgan fingerprint density at radius 2 is 1.55 bits per heavy atom. The number of carbonyl (C=O) groups is 4. The number of methoxy groups -OCH3 is 1. The molecule has 4 N–H and O–H groups in total. The molecule has 2 aliphatic heterocycles. The summed E-state index contributed by atoms with van der Waals surface area (Å²) < 4.78 is 11.9. The van der Waals surface area contributed by atoms with Gasteiger partial charge in [-0.1, -0.05) is 84.4 Å². The Kier molecular flexibility index (Phi) is 22.0. The van der Waals surface area contributed by atoms with Crippen molar-refractivity contribution in [3.63, 3.8) is 0 Å². The van der Waals surface area contributed by atoms with Gasteiger partial charge in [0.2, 0.25) is 5.91 Å². The molecule has 1 saturated heterocycles. The molecule has 0 aromatic rings. The molecule has 2 heterocycles. The van der Waals surface area contributed by atoms with Crippen LogP contribution in [0.15, 0.2) is 47.6 Å². The molecule has 0 spiro atoms. The molecule has 2 fully saturated rings. The van der Waals surface area contributed by atoms with Gasteiger partial charge in [0.15, 0.2) is 5.78 Å². The van der Waals surface area contributed by atoms with Crippen LogP contribution in [0.5, 0.6) is 0 Å². The lowest BCUT2D eigenvalue weighted by Crippen LogP contribution is -2.52. The van der Waals surface area contributed by atoms with Gasteiger partial charge in [-0.05, 0) is 132 Å². The van der Waals surface area contributed by atoms with Crippen molar-refractivity contribution in [2.75, 3.05) is 13.7 Å². The quantitative estimate of drug-likeness (QED) is 0.160. The van der Waals surface area contributed by atoms with Gasteiger partial charge in [-0.2, -0.15) is 0 Å². The minimum atomic E-state index is -1.33. The first kappa shape index (κ1) is 53.4. The second-order valence-electron chi connectivity index (χ2n) is 20.0. The molecule has 62 heavy (non-hydrogen) atoms. The summed E-state index contributed by atoms with van der Waals surface area (Å²) in [7, 11) is 1.40. The van der Waals surface area contributed by atoms with Crippen molar-refractivity contribution in [2.45, 2.75) is 194 Å². The molecule has 0 aromatic heterocycles. The maximum absolute atomic E-state index is 14.2. The zero-order valence-corrected chi connectivity index (χ0v) is 39.8. The molecule has 3 aliphatic rings. The van der Waals surface area contributed by atoms with E-state index in [4.69, 9.17) is 9.47 Å². The molecule has 0 bridgehead atoms. The molecule has 11 heteroatoms. The largest absolute Gasteiger partial charge is 0.460 e. The van der Waals surface area contributed by atoms with Crippen molar-refractivity contribution >= 4 is 23.4 Å². The Hall–Kier alpha value is -2.96. The highest BCUT2D eigenvalue weighted by atomic mass is 16.5. The SMILES string of the molecule is CO[C@H]1C(=O)[C@H](C)C[C@H](C)/C=C/C=C/C=C(\C)[C@@H](O)C[C@@H](C)CC[C@@H](C)[C@](C)(O)CC(=O)N2CCCCC2C(=O)O[C@H]([C@H](C)CC2CCC(O)CC2)CC(=O)[C@H](C)/C=C(\C)[C@H]1O. The average Bonchev–Trinajstić information content (AvgIpc) is 3.22. The lowest BCUT2D eigenvalue weighted by molar-refractivity contribution is -0.166. The number of hydrogen-bond donors (Lipinski definition) is 4. The Balaban J connectivity index is 1.94. The number of aliphatic hydroxyl groups is 4. The van der Waals surface area contributed by atoms with Crippen LogP contribution >= 0.6 is 0 Å². The molecule has 1 aliphatic carbocycles. The number of Topliss-reactive ketones (excluding diaryl/α,β-unsaturated/α-hetero) is 2. The number of ketones is 2. The summed E-state index contributed by atoms with van der Waals surface area (Å²) in [6.45, 7) is 17.2. The maximum Gasteiger partial charge on any atom is 0.329 e. The van der Waals surface area contributed by atoms with E-state index in [9.17, 15) is 39.6 Å². The van der Waals surface area contributed by atoms with Gasteiger partial charge < -0.3 is 34.8 Å². The molecule has 12 atom stereocenters. The monoisotopic (exact) mass is 870 g/mol. The molecule has 11 nitrogen and oxygen atoms in total. The Morgan fingerprint density at radius 1 is 0.871 bits per heavy atom. The van der Waals surface area contributed by atoms with Crippen molar-refractivity contribution in [1.29, 1.82) is 0 Å². The molecule has 1 unspecified atom stereocenters. The number of fused-ring (bicyclic) bond motifs is 1. The lowest BCUT2D eigenvalue weighted by atomic mass is 9.79. The number of nitrogens with zero attached hydrogens (tertiary/aromatic N) is 1. The fourth-order valence-corrected chi connectivity index (χ4v) is 9.51. The number of carbonyl (C=O) groups excluding carboxylic acids is 4. The van der Waals surface area contributed by atoms with E-state index >= 15 is 0 Å². The summed E-state index contributed by atoms with van der Waals surface area (Å²) in [6.07, 6.45) is 15.2. The van der Waals surface area contributed by atoms with Crippen molar-refractivity contribution in [3.8, 4) is 0 Å². The lowest BCUT2D eigenvalue weighted by Gasteiger charge is -2.38. The molecule has 0 aromatic carbocycles. The third-order valence-electron chi connectivity index (χ3n) is 14.3. The fraction of sp³-hybridized carbons (Fsp3) is 0.765. The van der Waals surface area contributed by atoms with Gasteiger partial charge >= 0.3 is 5.97 Å². The number of cyclic esters (lactones) is 1. The zero-order chi connectivity index (χ0) is 46.3. The number of hydrogen-bond acceptors (Lipinski definition) is 10. The van der Waals surface area contributed by atoms with Crippen molar-refractivity contribution in [1.82, 2.24) is 4.90 Å². The van der Waals surface area contributed by atoms with Crippen molar-refractivity contribution in [2.24, 2.45) is 41.4 Å². The number of allylic oxidation sites excluding steroid dienone is 6. The van der Waals surface area contributed by atoms with E-state index in [2.05, 4.69) is 6.92 Å². The number of rotatable bonds is 4. The van der Waals surface area contributed by atoms with Crippen LogP contribution in [-0.4, -0.2) is 105 Å². The van der Waals surface area contributed by atoms with Crippen molar-refractivity contribution in [3.05, 3.63) is 47.6 Å². The number of esters is 1. The van der Waals surface area contributed by atoms with Crippen LogP contribution in [0, 0.1) is 41.4 Å². The normalized spacial score (nSPS) is 40.1. The van der Waals surface area contributed by atoms with Crippen LogP contribution in [0.1, 0.15) is 152 Å². The van der Waals surface area contributed by atoms with E-state index in [0.717, 1.165) is 37.7 Å². The summed E-state index contributed by atoms with van der Waals surface area (Å²) in [5.41, 5.74) is -0.0612. The third-order valence-corrected chi connectivity index (χ3v) is 14.3. The topological polar surface area (TPSA) is 171 Å². The minimum Gasteiger partial charge on any atom is -0.460 e.